The van der Waals surface area contributed by atoms with E-state index in [1.807, 2.05) is 0 Å². The molecule has 0 radical (unpaired) electrons. The zero-order chi connectivity index (χ0) is 26.6. The molecule has 0 fully saturated rings. The van der Waals surface area contributed by atoms with E-state index < -0.39 is 8.07 Å². The fraction of sp³-hybridized carbons (Fsp3) is 0.243. The second-order valence-corrected chi connectivity index (χ2v) is 17.5. The van der Waals surface area contributed by atoms with Crippen LogP contribution in [-0.4, -0.2) is 8.07 Å². The van der Waals surface area contributed by atoms with E-state index in [1.54, 1.807) is 0 Å². The van der Waals surface area contributed by atoms with E-state index in [4.69, 9.17) is 0 Å². The third-order valence-electron chi connectivity index (χ3n) is 8.95. The van der Waals surface area contributed by atoms with E-state index in [0.29, 0.717) is 16.6 Å². The van der Waals surface area contributed by atoms with Gasteiger partial charge in [-0.05, 0) is 107 Å². The van der Waals surface area contributed by atoms with Crippen LogP contribution < -0.4 is 0 Å². The van der Waals surface area contributed by atoms with Gasteiger partial charge in [0.1, 0.15) is 8.07 Å². The molecule has 0 aliphatic carbocycles. The van der Waals surface area contributed by atoms with Gasteiger partial charge in [-0.1, -0.05) is 102 Å². The molecule has 0 aromatic heterocycles. The summed E-state index contributed by atoms with van der Waals surface area (Å²) in [6.07, 6.45) is 0. The van der Waals surface area contributed by atoms with E-state index in [-0.39, 0.29) is 0 Å². The molecule has 0 spiro atoms. The molecule has 0 aliphatic rings. The Morgan fingerprint density at radius 2 is 0.921 bits per heavy atom. The molecule has 0 N–H and O–H groups in total. The van der Waals surface area contributed by atoms with Crippen molar-refractivity contribution in [3.05, 3.63) is 96.6 Å². The second kappa shape index (κ2) is 9.30. The van der Waals surface area contributed by atoms with Gasteiger partial charge in [0, 0.05) is 5.56 Å². The maximum Gasteiger partial charge on any atom is 0.146 e. The first-order chi connectivity index (χ1) is 18.3. The molecule has 0 bridgehead atoms. The Kier molecular flexibility index (Phi) is 6.05. The van der Waals surface area contributed by atoms with Gasteiger partial charge in [-0.2, -0.15) is 0 Å². The number of rotatable bonds is 3. The largest absolute Gasteiger partial charge is 0.146 e. The average Bonchev–Trinajstić information content (AvgIpc) is 2.90. The van der Waals surface area contributed by atoms with E-state index in [1.165, 1.54) is 53.9 Å². The predicted molar refractivity (Wildman–Crippen MR) is 172 cm³/mol. The lowest BCUT2D eigenvalue weighted by atomic mass is 9.93. The minimum absolute atomic E-state index is 0.641. The Bertz CT molecular complexity index is 1890. The van der Waals surface area contributed by atoms with E-state index in [0.717, 1.165) is 5.56 Å². The van der Waals surface area contributed by atoms with Crippen LogP contribution in [0.1, 0.15) is 47.1 Å². The molecule has 188 valence electrons. The van der Waals surface area contributed by atoms with Crippen molar-refractivity contribution >= 4 is 61.9 Å². The average molecular weight is 509 g/mol. The summed E-state index contributed by atoms with van der Waals surface area (Å²) >= 11 is 0. The molecular formula is C37H36Si. The Morgan fingerprint density at radius 1 is 0.447 bits per heavy atom. The van der Waals surface area contributed by atoms with Gasteiger partial charge in [-0.25, -0.2) is 0 Å². The molecule has 38 heavy (non-hydrogen) atoms. The highest BCUT2D eigenvalue weighted by molar-refractivity contribution is 6.90. The SMILES string of the molecule is CC(C)[Si](C#Cc1ccc2cc3c(ccc4c5cc6ccccc6cc5ccc34)cc2c1)(C(C)C)C(C)C. The van der Waals surface area contributed by atoms with E-state index in [9.17, 15) is 0 Å². The number of hydrogen-bond acceptors (Lipinski definition) is 0. The smallest absolute Gasteiger partial charge is 0.125 e. The molecule has 0 aliphatic heterocycles. The molecule has 0 atom stereocenters. The first-order valence-corrected chi connectivity index (χ1v) is 16.3. The maximum absolute atomic E-state index is 3.89. The topological polar surface area (TPSA) is 0 Å². The Labute approximate surface area is 227 Å². The van der Waals surface area contributed by atoms with Crippen LogP contribution in [0, 0.1) is 11.5 Å². The summed E-state index contributed by atoms with van der Waals surface area (Å²) in [6, 6.07) is 33.9. The maximum atomic E-state index is 3.89. The van der Waals surface area contributed by atoms with Crippen molar-refractivity contribution in [1.29, 1.82) is 0 Å². The first kappa shape index (κ1) is 24.7. The summed E-state index contributed by atoms with van der Waals surface area (Å²) in [6.45, 7) is 14.3. The van der Waals surface area contributed by atoms with Gasteiger partial charge < -0.3 is 0 Å². The zero-order valence-corrected chi connectivity index (χ0v) is 24.4. The molecule has 1 heteroatoms. The van der Waals surface area contributed by atoms with Crippen LogP contribution in [0.3, 0.4) is 0 Å². The Morgan fingerprint density at radius 3 is 1.47 bits per heavy atom. The summed E-state index contributed by atoms with van der Waals surface area (Å²) in [5, 5.41) is 13.0. The fourth-order valence-corrected chi connectivity index (χ4v) is 12.2. The Hall–Kier alpha value is -3.60. The molecule has 0 nitrogen and oxygen atoms in total. The number of benzene rings is 6. The minimum Gasteiger partial charge on any atom is -0.125 e. The lowest BCUT2D eigenvalue weighted by Crippen LogP contribution is -2.43. The molecule has 6 aromatic carbocycles. The van der Waals surface area contributed by atoms with Gasteiger partial charge >= 0.3 is 0 Å². The molecule has 0 heterocycles. The molecule has 6 aromatic rings. The van der Waals surface area contributed by atoms with Crippen molar-refractivity contribution in [2.45, 2.75) is 58.2 Å². The van der Waals surface area contributed by atoms with Crippen LogP contribution in [-0.2, 0) is 0 Å². The van der Waals surface area contributed by atoms with Gasteiger partial charge in [0.2, 0.25) is 0 Å². The standard InChI is InChI=1S/C37H36Si/c1-24(2)38(25(3)4,26(5)6)18-17-27-11-12-30-23-37-32(21-33(30)19-27)14-16-34-35(37)15-13-31-20-28-9-7-8-10-29(28)22-36(31)34/h7-16,19-26H,1-6H3. The summed E-state index contributed by atoms with van der Waals surface area (Å²) in [7, 11) is -1.75. The third kappa shape index (κ3) is 3.91. The van der Waals surface area contributed by atoms with Crippen LogP contribution in [0.25, 0.3) is 53.9 Å². The van der Waals surface area contributed by atoms with Crippen LogP contribution >= 0.6 is 0 Å². The molecule has 0 amide bonds. The van der Waals surface area contributed by atoms with E-state index >= 15 is 0 Å². The highest BCUT2D eigenvalue weighted by Crippen LogP contribution is 2.41. The normalized spacial score (nSPS) is 12.4. The van der Waals surface area contributed by atoms with E-state index in [2.05, 4.69) is 144 Å². The van der Waals surface area contributed by atoms with Crippen LogP contribution in [0.4, 0.5) is 0 Å². The zero-order valence-electron chi connectivity index (χ0n) is 23.4. The summed E-state index contributed by atoms with van der Waals surface area (Å²) in [5.74, 6) is 3.65. The van der Waals surface area contributed by atoms with Crippen molar-refractivity contribution < 1.29 is 0 Å². The lowest BCUT2D eigenvalue weighted by Gasteiger charge is -2.38. The van der Waals surface area contributed by atoms with Gasteiger partial charge in [0.25, 0.3) is 0 Å². The second-order valence-electron chi connectivity index (χ2n) is 11.9. The molecule has 0 saturated heterocycles. The molecule has 0 saturated carbocycles. The number of fused-ring (bicyclic) bond motifs is 7. The highest BCUT2D eigenvalue weighted by Gasteiger charge is 2.41. The van der Waals surface area contributed by atoms with Crippen molar-refractivity contribution in [3.63, 3.8) is 0 Å². The van der Waals surface area contributed by atoms with Crippen LogP contribution in [0.2, 0.25) is 16.6 Å². The van der Waals surface area contributed by atoms with Crippen LogP contribution in [0.5, 0.6) is 0 Å². The summed E-state index contributed by atoms with van der Waals surface area (Å²) in [4.78, 5) is 0. The Balaban J connectivity index is 1.50. The molecular weight excluding hydrogens is 472 g/mol. The minimum atomic E-state index is -1.75. The third-order valence-corrected chi connectivity index (χ3v) is 15.2. The fourth-order valence-electron chi connectivity index (χ4n) is 7.00. The monoisotopic (exact) mass is 508 g/mol. The van der Waals surface area contributed by atoms with Crippen LogP contribution in [0.15, 0.2) is 91.0 Å². The summed E-state index contributed by atoms with van der Waals surface area (Å²) in [5.41, 5.74) is 6.95. The van der Waals surface area contributed by atoms with Gasteiger partial charge in [-0.3, -0.25) is 0 Å². The quantitative estimate of drug-likeness (QED) is 0.0965. The summed E-state index contributed by atoms with van der Waals surface area (Å²) < 4.78 is 0. The molecule has 6 rings (SSSR count). The number of hydrogen-bond donors (Lipinski definition) is 0. The van der Waals surface area contributed by atoms with Gasteiger partial charge in [0.05, 0.1) is 0 Å². The molecule has 0 unspecified atom stereocenters. The van der Waals surface area contributed by atoms with Crippen molar-refractivity contribution in [2.75, 3.05) is 0 Å². The van der Waals surface area contributed by atoms with Gasteiger partial charge in [-0.15, -0.1) is 5.54 Å². The predicted octanol–water partition coefficient (Wildman–Crippen LogP) is 11.0. The first-order valence-electron chi connectivity index (χ1n) is 14.0. The lowest BCUT2D eigenvalue weighted by molar-refractivity contribution is 0.838. The van der Waals surface area contributed by atoms with Gasteiger partial charge in [0.15, 0.2) is 0 Å². The van der Waals surface area contributed by atoms with Crippen molar-refractivity contribution in [1.82, 2.24) is 0 Å². The van der Waals surface area contributed by atoms with Crippen molar-refractivity contribution in [3.8, 4) is 11.5 Å². The highest BCUT2D eigenvalue weighted by atomic mass is 28.3. The van der Waals surface area contributed by atoms with Crippen molar-refractivity contribution in [2.24, 2.45) is 0 Å².